The van der Waals surface area contributed by atoms with Crippen molar-refractivity contribution < 1.29 is 9.32 Å². The molecule has 0 saturated carbocycles. The maximum absolute atomic E-state index is 11.2. The SMILES string of the molecule is Cc1cccc2cc(C=O)n(Cc3ccno3)c12. The van der Waals surface area contributed by atoms with Crippen molar-refractivity contribution in [2.75, 3.05) is 0 Å². The molecule has 0 amide bonds. The summed E-state index contributed by atoms with van der Waals surface area (Å²) in [5.41, 5.74) is 2.85. The zero-order valence-corrected chi connectivity index (χ0v) is 9.96. The van der Waals surface area contributed by atoms with Crippen molar-refractivity contribution in [2.24, 2.45) is 0 Å². The quantitative estimate of drug-likeness (QED) is 0.661. The lowest BCUT2D eigenvalue weighted by atomic mass is 10.2. The van der Waals surface area contributed by atoms with Crippen molar-refractivity contribution in [1.82, 2.24) is 9.72 Å². The van der Waals surface area contributed by atoms with Crippen LogP contribution in [0.25, 0.3) is 10.9 Å². The van der Waals surface area contributed by atoms with E-state index < -0.39 is 0 Å². The van der Waals surface area contributed by atoms with Gasteiger partial charge >= 0.3 is 0 Å². The van der Waals surface area contributed by atoms with Gasteiger partial charge in [0.25, 0.3) is 0 Å². The second-order valence-electron chi connectivity index (χ2n) is 4.26. The fourth-order valence-electron chi connectivity index (χ4n) is 2.28. The molecule has 0 spiro atoms. The van der Waals surface area contributed by atoms with Gasteiger partial charge in [0, 0.05) is 11.5 Å². The Labute approximate surface area is 104 Å². The Morgan fingerprint density at radius 2 is 2.28 bits per heavy atom. The van der Waals surface area contributed by atoms with E-state index in [9.17, 15) is 4.79 Å². The van der Waals surface area contributed by atoms with Gasteiger partial charge in [-0.25, -0.2) is 0 Å². The first-order valence-electron chi connectivity index (χ1n) is 5.73. The normalized spacial score (nSPS) is 10.9. The minimum atomic E-state index is 0.516. The third-order valence-electron chi connectivity index (χ3n) is 3.08. The smallest absolute Gasteiger partial charge is 0.166 e. The van der Waals surface area contributed by atoms with Crippen LogP contribution < -0.4 is 0 Å². The molecule has 4 heteroatoms. The summed E-state index contributed by atoms with van der Waals surface area (Å²) in [6.07, 6.45) is 2.48. The van der Waals surface area contributed by atoms with E-state index in [-0.39, 0.29) is 0 Å². The number of hydrogen-bond acceptors (Lipinski definition) is 3. The van der Waals surface area contributed by atoms with Crippen LogP contribution in [-0.4, -0.2) is 16.0 Å². The Morgan fingerprint density at radius 3 is 3.00 bits per heavy atom. The van der Waals surface area contributed by atoms with E-state index in [1.807, 2.05) is 35.8 Å². The Balaban J connectivity index is 2.22. The minimum Gasteiger partial charge on any atom is -0.359 e. The molecule has 0 aliphatic heterocycles. The highest BCUT2D eigenvalue weighted by molar-refractivity contribution is 5.90. The largest absolute Gasteiger partial charge is 0.359 e. The molecule has 0 bridgehead atoms. The Kier molecular flexibility index (Phi) is 2.48. The molecule has 1 aromatic carbocycles. The van der Waals surface area contributed by atoms with Gasteiger partial charge in [0.15, 0.2) is 12.0 Å². The first-order valence-corrected chi connectivity index (χ1v) is 5.73. The van der Waals surface area contributed by atoms with Crippen LogP contribution in [0.1, 0.15) is 21.8 Å². The summed E-state index contributed by atoms with van der Waals surface area (Å²) in [6, 6.07) is 9.73. The van der Waals surface area contributed by atoms with E-state index in [1.165, 1.54) is 0 Å². The number of aryl methyl sites for hydroxylation is 1. The Hall–Kier alpha value is -2.36. The summed E-state index contributed by atoms with van der Waals surface area (Å²) in [5.74, 6) is 0.735. The highest BCUT2D eigenvalue weighted by atomic mass is 16.5. The molecule has 0 aliphatic carbocycles. The number of benzene rings is 1. The Bertz CT molecular complexity index is 696. The lowest BCUT2D eigenvalue weighted by Gasteiger charge is -2.06. The summed E-state index contributed by atoms with van der Waals surface area (Å²) in [6.45, 7) is 2.55. The van der Waals surface area contributed by atoms with E-state index >= 15 is 0 Å². The molecule has 2 aromatic heterocycles. The first kappa shape index (κ1) is 10.8. The molecule has 0 atom stereocenters. The van der Waals surface area contributed by atoms with Crippen molar-refractivity contribution >= 4 is 17.2 Å². The average Bonchev–Trinajstić information content (AvgIpc) is 2.98. The molecule has 3 rings (SSSR count). The number of rotatable bonds is 3. The zero-order chi connectivity index (χ0) is 12.5. The monoisotopic (exact) mass is 240 g/mol. The van der Waals surface area contributed by atoms with Crippen molar-refractivity contribution in [3.8, 4) is 0 Å². The van der Waals surface area contributed by atoms with Crippen LogP contribution in [0.2, 0.25) is 0 Å². The van der Waals surface area contributed by atoms with Crippen molar-refractivity contribution in [3.05, 3.63) is 53.5 Å². The van der Waals surface area contributed by atoms with Crippen LogP contribution in [0.15, 0.2) is 41.1 Å². The third kappa shape index (κ3) is 1.62. The lowest BCUT2D eigenvalue weighted by Crippen LogP contribution is -2.03. The highest BCUT2D eigenvalue weighted by Crippen LogP contribution is 2.23. The molecule has 90 valence electrons. The Morgan fingerprint density at radius 1 is 1.39 bits per heavy atom. The van der Waals surface area contributed by atoms with E-state index in [1.54, 1.807) is 12.3 Å². The number of carbonyl (C=O) groups is 1. The predicted octanol–water partition coefficient (Wildman–Crippen LogP) is 2.80. The fourth-order valence-corrected chi connectivity index (χ4v) is 2.28. The maximum Gasteiger partial charge on any atom is 0.166 e. The molecule has 2 heterocycles. The molecule has 0 fully saturated rings. The standard InChI is InChI=1S/C14H12N2O2/c1-10-3-2-4-11-7-12(9-17)16(14(10)11)8-13-5-6-15-18-13/h2-7,9H,8H2,1H3. The number of hydrogen-bond donors (Lipinski definition) is 0. The van der Waals surface area contributed by atoms with Gasteiger partial charge in [-0.05, 0) is 18.6 Å². The molecule has 0 N–H and O–H groups in total. The first-order chi connectivity index (χ1) is 8.79. The van der Waals surface area contributed by atoms with Crippen molar-refractivity contribution in [3.63, 3.8) is 0 Å². The molecular weight excluding hydrogens is 228 g/mol. The van der Waals surface area contributed by atoms with Crippen LogP contribution >= 0.6 is 0 Å². The summed E-state index contributed by atoms with van der Waals surface area (Å²) < 4.78 is 7.06. The summed E-state index contributed by atoms with van der Waals surface area (Å²) in [7, 11) is 0. The number of para-hydroxylation sites is 1. The maximum atomic E-state index is 11.2. The average molecular weight is 240 g/mol. The summed E-state index contributed by atoms with van der Waals surface area (Å²) in [4.78, 5) is 11.2. The molecule has 18 heavy (non-hydrogen) atoms. The number of fused-ring (bicyclic) bond motifs is 1. The number of carbonyl (C=O) groups excluding carboxylic acids is 1. The molecule has 4 nitrogen and oxygen atoms in total. The molecule has 0 radical (unpaired) electrons. The number of nitrogens with zero attached hydrogens (tertiary/aromatic N) is 2. The van der Waals surface area contributed by atoms with Crippen LogP contribution in [0.3, 0.4) is 0 Å². The van der Waals surface area contributed by atoms with E-state index in [0.29, 0.717) is 12.2 Å². The van der Waals surface area contributed by atoms with Gasteiger partial charge in [-0.2, -0.15) is 0 Å². The second-order valence-corrected chi connectivity index (χ2v) is 4.26. The van der Waals surface area contributed by atoms with Gasteiger partial charge in [0.2, 0.25) is 0 Å². The van der Waals surface area contributed by atoms with Crippen LogP contribution in [0.4, 0.5) is 0 Å². The fraction of sp³-hybridized carbons (Fsp3) is 0.143. The van der Waals surface area contributed by atoms with Gasteiger partial charge in [-0.15, -0.1) is 0 Å². The third-order valence-corrected chi connectivity index (χ3v) is 3.08. The molecule has 3 aromatic rings. The van der Waals surface area contributed by atoms with E-state index in [0.717, 1.165) is 28.5 Å². The molecule has 0 saturated heterocycles. The summed E-state index contributed by atoms with van der Waals surface area (Å²) in [5, 5.41) is 4.75. The minimum absolute atomic E-state index is 0.516. The predicted molar refractivity (Wildman–Crippen MR) is 67.7 cm³/mol. The summed E-state index contributed by atoms with van der Waals surface area (Å²) >= 11 is 0. The van der Waals surface area contributed by atoms with E-state index in [4.69, 9.17) is 4.52 Å². The van der Waals surface area contributed by atoms with Crippen LogP contribution in [0, 0.1) is 6.92 Å². The highest BCUT2D eigenvalue weighted by Gasteiger charge is 2.11. The topological polar surface area (TPSA) is 48.0 Å². The molecule has 0 aliphatic rings. The van der Waals surface area contributed by atoms with Gasteiger partial charge in [0.1, 0.15) is 0 Å². The van der Waals surface area contributed by atoms with Crippen molar-refractivity contribution in [1.29, 1.82) is 0 Å². The van der Waals surface area contributed by atoms with Gasteiger partial charge in [-0.1, -0.05) is 23.4 Å². The lowest BCUT2D eigenvalue weighted by molar-refractivity contribution is 0.111. The second kappa shape index (κ2) is 4.14. The van der Waals surface area contributed by atoms with Crippen LogP contribution in [-0.2, 0) is 6.54 Å². The van der Waals surface area contributed by atoms with Gasteiger partial charge < -0.3 is 9.09 Å². The van der Waals surface area contributed by atoms with Crippen molar-refractivity contribution in [2.45, 2.75) is 13.5 Å². The van der Waals surface area contributed by atoms with Crippen LogP contribution in [0.5, 0.6) is 0 Å². The van der Waals surface area contributed by atoms with E-state index in [2.05, 4.69) is 5.16 Å². The van der Waals surface area contributed by atoms with Gasteiger partial charge in [0.05, 0.1) is 24.0 Å². The molecular formula is C14H12N2O2. The van der Waals surface area contributed by atoms with Gasteiger partial charge in [-0.3, -0.25) is 4.79 Å². The molecule has 0 unspecified atom stereocenters. The number of aldehydes is 1. The number of aromatic nitrogens is 2. The zero-order valence-electron chi connectivity index (χ0n) is 9.96.